The third kappa shape index (κ3) is 4.50. The van der Waals surface area contributed by atoms with Crippen LogP contribution in [0.3, 0.4) is 0 Å². The van der Waals surface area contributed by atoms with E-state index in [1.165, 1.54) is 11.1 Å². The maximum Gasteiger partial charge on any atom is 0.122 e. The van der Waals surface area contributed by atoms with E-state index in [4.69, 9.17) is 9.47 Å². The van der Waals surface area contributed by atoms with Gasteiger partial charge in [0.15, 0.2) is 0 Å². The topological polar surface area (TPSA) is 30.5 Å². The average molecular weight is 299 g/mol. The summed E-state index contributed by atoms with van der Waals surface area (Å²) in [6.45, 7) is 4.39. The number of hydrogen-bond donors (Lipinski definition) is 1. The first-order valence-electron chi connectivity index (χ1n) is 7.65. The normalized spacial score (nSPS) is 13.5. The Kier molecular flexibility index (Phi) is 5.84. The maximum atomic E-state index is 5.33. The summed E-state index contributed by atoms with van der Waals surface area (Å²) in [4.78, 5) is 0. The number of methoxy groups -OCH3 is 2. The molecule has 2 aromatic carbocycles. The molecule has 2 aromatic rings. The fourth-order valence-electron chi connectivity index (χ4n) is 2.66. The first-order valence-corrected chi connectivity index (χ1v) is 7.65. The first kappa shape index (κ1) is 16.4. The summed E-state index contributed by atoms with van der Waals surface area (Å²) >= 11 is 0. The Labute approximate surface area is 133 Å². The van der Waals surface area contributed by atoms with E-state index in [1.807, 2.05) is 12.1 Å². The van der Waals surface area contributed by atoms with Gasteiger partial charge in [-0.15, -0.1) is 0 Å². The zero-order valence-electron chi connectivity index (χ0n) is 13.8. The molecule has 118 valence electrons. The highest BCUT2D eigenvalue weighted by molar-refractivity contribution is 5.38. The van der Waals surface area contributed by atoms with Crippen molar-refractivity contribution in [2.75, 3.05) is 14.2 Å². The summed E-state index contributed by atoms with van der Waals surface area (Å²) in [7, 11) is 3.36. The van der Waals surface area contributed by atoms with Crippen LogP contribution >= 0.6 is 0 Å². The van der Waals surface area contributed by atoms with E-state index in [9.17, 15) is 0 Å². The Balaban J connectivity index is 2.01. The minimum absolute atomic E-state index is 0.323. The molecule has 1 unspecified atom stereocenters. The van der Waals surface area contributed by atoms with Crippen molar-refractivity contribution in [3.05, 3.63) is 59.7 Å². The third-order valence-corrected chi connectivity index (χ3v) is 3.79. The lowest BCUT2D eigenvalue weighted by atomic mass is 10.0. The second-order valence-electron chi connectivity index (χ2n) is 5.63. The quantitative estimate of drug-likeness (QED) is 0.838. The van der Waals surface area contributed by atoms with Gasteiger partial charge in [-0.3, -0.25) is 0 Å². The maximum absolute atomic E-state index is 5.33. The molecular formula is C19H25NO2. The van der Waals surface area contributed by atoms with Crippen molar-refractivity contribution in [1.29, 1.82) is 0 Å². The van der Waals surface area contributed by atoms with E-state index in [0.717, 1.165) is 17.9 Å². The molecule has 0 radical (unpaired) electrons. The molecule has 0 heterocycles. The van der Waals surface area contributed by atoms with Crippen molar-refractivity contribution in [3.8, 4) is 11.5 Å². The van der Waals surface area contributed by atoms with Gasteiger partial charge in [-0.05, 0) is 43.5 Å². The Morgan fingerprint density at radius 3 is 2.05 bits per heavy atom. The van der Waals surface area contributed by atoms with Crippen molar-refractivity contribution in [1.82, 2.24) is 5.32 Å². The minimum atomic E-state index is 0.323. The largest absolute Gasteiger partial charge is 0.497 e. The number of rotatable bonds is 7. The highest BCUT2D eigenvalue weighted by atomic mass is 16.5. The van der Waals surface area contributed by atoms with Crippen LogP contribution in [0.2, 0.25) is 0 Å². The molecule has 0 aliphatic rings. The fraction of sp³-hybridized carbons (Fsp3) is 0.368. The number of benzene rings is 2. The highest BCUT2D eigenvalue weighted by Gasteiger charge is 2.11. The lowest BCUT2D eigenvalue weighted by Crippen LogP contribution is -2.30. The zero-order valence-corrected chi connectivity index (χ0v) is 13.8. The molecule has 0 aliphatic heterocycles. The molecule has 0 aromatic heterocycles. The smallest absolute Gasteiger partial charge is 0.122 e. The summed E-state index contributed by atoms with van der Waals surface area (Å²) in [5.74, 6) is 1.66. The molecule has 0 saturated heterocycles. The van der Waals surface area contributed by atoms with E-state index in [0.29, 0.717) is 12.1 Å². The van der Waals surface area contributed by atoms with Gasteiger partial charge < -0.3 is 14.8 Å². The van der Waals surface area contributed by atoms with Crippen LogP contribution in [-0.4, -0.2) is 20.3 Å². The summed E-state index contributed by atoms with van der Waals surface area (Å²) in [5.41, 5.74) is 2.51. The molecule has 0 fully saturated rings. The van der Waals surface area contributed by atoms with Crippen LogP contribution in [0.25, 0.3) is 0 Å². The standard InChI is InChI=1S/C19H25NO2/c1-14(20-15(2)17-8-6-5-7-9-17)10-16-11-18(21-3)13-19(12-16)22-4/h5-9,11-15,20H,10H2,1-4H3/t14?,15-/m0/s1. The molecular weight excluding hydrogens is 274 g/mol. The lowest BCUT2D eigenvalue weighted by Gasteiger charge is -2.21. The monoisotopic (exact) mass is 299 g/mol. The van der Waals surface area contributed by atoms with Crippen LogP contribution in [0.15, 0.2) is 48.5 Å². The van der Waals surface area contributed by atoms with E-state index < -0.39 is 0 Å². The van der Waals surface area contributed by atoms with Crippen molar-refractivity contribution < 1.29 is 9.47 Å². The summed E-state index contributed by atoms with van der Waals surface area (Å²) < 4.78 is 10.7. The predicted octanol–water partition coefficient (Wildman–Crippen LogP) is 3.99. The fourth-order valence-corrected chi connectivity index (χ4v) is 2.66. The molecule has 1 N–H and O–H groups in total. The van der Waals surface area contributed by atoms with Crippen LogP contribution in [0.4, 0.5) is 0 Å². The Morgan fingerprint density at radius 2 is 1.50 bits per heavy atom. The third-order valence-electron chi connectivity index (χ3n) is 3.79. The van der Waals surface area contributed by atoms with Crippen molar-refractivity contribution in [2.45, 2.75) is 32.4 Å². The molecule has 3 nitrogen and oxygen atoms in total. The van der Waals surface area contributed by atoms with Crippen molar-refractivity contribution >= 4 is 0 Å². The summed E-state index contributed by atoms with van der Waals surface area (Å²) in [6, 6.07) is 17.2. The van der Waals surface area contributed by atoms with Crippen LogP contribution < -0.4 is 14.8 Å². The highest BCUT2D eigenvalue weighted by Crippen LogP contribution is 2.23. The lowest BCUT2D eigenvalue weighted by molar-refractivity contribution is 0.392. The van der Waals surface area contributed by atoms with Gasteiger partial charge in [-0.1, -0.05) is 30.3 Å². The Hall–Kier alpha value is -2.00. The van der Waals surface area contributed by atoms with Crippen molar-refractivity contribution in [3.63, 3.8) is 0 Å². The van der Waals surface area contributed by atoms with Gasteiger partial charge in [0.2, 0.25) is 0 Å². The second kappa shape index (κ2) is 7.85. The summed E-state index contributed by atoms with van der Waals surface area (Å²) in [5, 5.41) is 3.64. The van der Waals surface area contributed by atoms with E-state index in [-0.39, 0.29) is 0 Å². The van der Waals surface area contributed by atoms with Gasteiger partial charge in [0.1, 0.15) is 11.5 Å². The van der Waals surface area contributed by atoms with Gasteiger partial charge >= 0.3 is 0 Å². The number of hydrogen-bond acceptors (Lipinski definition) is 3. The van der Waals surface area contributed by atoms with Gasteiger partial charge in [-0.25, -0.2) is 0 Å². The van der Waals surface area contributed by atoms with Crippen LogP contribution in [0.1, 0.15) is 31.0 Å². The molecule has 0 amide bonds. The van der Waals surface area contributed by atoms with E-state index in [1.54, 1.807) is 14.2 Å². The second-order valence-corrected chi connectivity index (χ2v) is 5.63. The van der Waals surface area contributed by atoms with Crippen molar-refractivity contribution in [2.24, 2.45) is 0 Å². The molecule has 0 spiro atoms. The van der Waals surface area contributed by atoms with Crippen LogP contribution in [0, 0.1) is 0 Å². The molecule has 2 atom stereocenters. The van der Waals surface area contributed by atoms with E-state index in [2.05, 4.69) is 55.6 Å². The Bertz CT molecular complexity index is 561. The number of nitrogens with one attached hydrogen (secondary N) is 1. The molecule has 22 heavy (non-hydrogen) atoms. The summed E-state index contributed by atoms with van der Waals surface area (Å²) in [6.07, 6.45) is 0.921. The molecule has 0 saturated carbocycles. The Morgan fingerprint density at radius 1 is 0.909 bits per heavy atom. The first-order chi connectivity index (χ1) is 10.6. The molecule has 3 heteroatoms. The average Bonchev–Trinajstić information content (AvgIpc) is 2.55. The zero-order chi connectivity index (χ0) is 15.9. The molecule has 0 aliphatic carbocycles. The SMILES string of the molecule is COc1cc(CC(C)N[C@@H](C)c2ccccc2)cc(OC)c1. The molecule has 0 bridgehead atoms. The van der Waals surface area contributed by atoms with Crippen LogP contribution in [-0.2, 0) is 6.42 Å². The van der Waals surface area contributed by atoms with Gasteiger partial charge in [0, 0.05) is 18.2 Å². The van der Waals surface area contributed by atoms with Gasteiger partial charge in [-0.2, -0.15) is 0 Å². The van der Waals surface area contributed by atoms with Crippen LogP contribution in [0.5, 0.6) is 11.5 Å². The minimum Gasteiger partial charge on any atom is -0.497 e. The van der Waals surface area contributed by atoms with Gasteiger partial charge in [0.05, 0.1) is 14.2 Å². The predicted molar refractivity (Wildman–Crippen MR) is 90.7 cm³/mol. The molecule has 2 rings (SSSR count). The van der Waals surface area contributed by atoms with Gasteiger partial charge in [0.25, 0.3) is 0 Å². The number of ether oxygens (including phenoxy) is 2. The van der Waals surface area contributed by atoms with E-state index >= 15 is 0 Å².